The lowest BCUT2D eigenvalue weighted by Crippen LogP contribution is -2.25. The second-order valence-electron chi connectivity index (χ2n) is 12.3. The van der Waals surface area contributed by atoms with Crippen molar-refractivity contribution in [1.82, 2.24) is 9.97 Å². The Morgan fingerprint density at radius 3 is 1.92 bits per heavy atom. The van der Waals surface area contributed by atoms with Gasteiger partial charge < -0.3 is 19.5 Å². The minimum Gasteiger partial charge on any atom is -0.496 e. The molecule has 0 aliphatic carbocycles. The fraction of sp³-hybridized carbons (Fsp3) is 0.361. The van der Waals surface area contributed by atoms with E-state index in [4.69, 9.17) is 14.6 Å². The number of aromatic nitrogens is 2. The summed E-state index contributed by atoms with van der Waals surface area (Å²) in [5.74, 6) is -0.917. The van der Waals surface area contributed by atoms with Gasteiger partial charge in [0.25, 0.3) is 0 Å². The topological polar surface area (TPSA) is 84.8 Å². The third-order valence-electron chi connectivity index (χ3n) is 8.02. The summed E-state index contributed by atoms with van der Waals surface area (Å²) >= 11 is 0. The average molecular weight is 744 g/mol. The van der Waals surface area contributed by atoms with Crippen molar-refractivity contribution in [2.45, 2.75) is 71.1 Å². The van der Waals surface area contributed by atoms with Crippen LogP contribution in [0, 0.1) is 6.92 Å². The number of rotatable bonds is 13. The van der Waals surface area contributed by atoms with Gasteiger partial charge in [-0.05, 0) is 89.5 Å². The standard InChI is InChI=1S/C36H34F9N3O4/c1-20(2)29-15-30(31(51-4)10-21(29)3)28-8-7-24(34(37,38)39)13-23(28)19-48(33-46-16-27(17-47-33)52-9-5-6-32(49)50)18-22-11-25(35(40,41)42)14-26(12-22)36(43,44)45/h7-8,10-17,20H,5-6,9,18-19H2,1-4H3,(H,49,50). The zero-order valence-electron chi connectivity index (χ0n) is 28.3. The van der Waals surface area contributed by atoms with Gasteiger partial charge in [0.05, 0.1) is 42.8 Å². The molecule has 0 atom stereocenters. The minimum atomic E-state index is -5.15. The number of hydrogen-bond donors (Lipinski definition) is 1. The number of halogens is 9. The number of ether oxygens (including phenoxy) is 2. The van der Waals surface area contributed by atoms with Crippen molar-refractivity contribution in [2.75, 3.05) is 18.6 Å². The molecule has 16 heteroatoms. The van der Waals surface area contributed by atoms with Crippen molar-refractivity contribution in [2.24, 2.45) is 0 Å². The molecule has 0 unspecified atom stereocenters. The summed E-state index contributed by atoms with van der Waals surface area (Å²) in [6, 6.07) is 7.46. The second-order valence-corrected chi connectivity index (χ2v) is 12.3. The van der Waals surface area contributed by atoms with Crippen LogP contribution in [-0.2, 0) is 36.4 Å². The number of carbonyl (C=O) groups is 1. The van der Waals surface area contributed by atoms with Crippen molar-refractivity contribution < 1.29 is 58.9 Å². The number of hydrogen-bond acceptors (Lipinski definition) is 6. The monoisotopic (exact) mass is 743 g/mol. The fourth-order valence-corrected chi connectivity index (χ4v) is 5.56. The molecular formula is C36H34F9N3O4. The maximum Gasteiger partial charge on any atom is 0.416 e. The number of carboxylic acid groups (broad SMARTS) is 1. The van der Waals surface area contributed by atoms with E-state index in [1.807, 2.05) is 20.8 Å². The molecule has 0 fully saturated rings. The third-order valence-corrected chi connectivity index (χ3v) is 8.02. The summed E-state index contributed by atoms with van der Waals surface area (Å²) < 4.78 is 136. The molecule has 0 radical (unpaired) electrons. The first-order valence-electron chi connectivity index (χ1n) is 15.8. The van der Waals surface area contributed by atoms with Crippen LogP contribution >= 0.6 is 0 Å². The molecule has 4 rings (SSSR count). The van der Waals surface area contributed by atoms with Crippen LogP contribution in [0.1, 0.15) is 71.6 Å². The summed E-state index contributed by atoms with van der Waals surface area (Å²) in [4.78, 5) is 20.3. The fourth-order valence-electron chi connectivity index (χ4n) is 5.56. The Labute approximate surface area is 293 Å². The largest absolute Gasteiger partial charge is 0.496 e. The highest BCUT2D eigenvalue weighted by molar-refractivity contribution is 5.76. The van der Waals surface area contributed by atoms with E-state index in [0.29, 0.717) is 23.4 Å². The lowest BCUT2D eigenvalue weighted by Gasteiger charge is -2.26. The smallest absolute Gasteiger partial charge is 0.416 e. The quantitative estimate of drug-likeness (QED) is 0.108. The SMILES string of the molecule is COc1cc(C)c(C(C)C)cc1-c1ccc(C(F)(F)F)cc1CN(Cc1cc(C(F)(F)F)cc(C(F)(F)F)c1)c1ncc(OCCCC(=O)O)cn1. The van der Waals surface area contributed by atoms with Crippen LogP contribution in [0.15, 0.2) is 60.9 Å². The van der Waals surface area contributed by atoms with E-state index < -0.39 is 59.8 Å². The predicted octanol–water partition coefficient (Wildman–Crippen LogP) is 10.1. The highest BCUT2D eigenvalue weighted by Gasteiger charge is 2.37. The molecule has 0 saturated carbocycles. The molecular weight excluding hydrogens is 709 g/mol. The average Bonchev–Trinajstić information content (AvgIpc) is 3.05. The van der Waals surface area contributed by atoms with E-state index in [9.17, 15) is 44.3 Å². The second kappa shape index (κ2) is 15.7. The number of nitrogens with zero attached hydrogens (tertiary/aromatic N) is 3. The number of carboxylic acids is 1. The van der Waals surface area contributed by atoms with Crippen molar-refractivity contribution in [3.63, 3.8) is 0 Å². The number of aliphatic carboxylic acids is 1. The van der Waals surface area contributed by atoms with Crippen LogP contribution < -0.4 is 14.4 Å². The maximum atomic E-state index is 14.1. The third kappa shape index (κ3) is 10.1. The van der Waals surface area contributed by atoms with E-state index in [0.717, 1.165) is 40.6 Å². The molecule has 0 aliphatic heterocycles. The summed E-state index contributed by atoms with van der Waals surface area (Å²) in [6.45, 7) is 4.46. The van der Waals surface area contributed by atoms with Gasteiger partial charge in [-0.3, -0.25) is 4.79 Å². The zero-order chi connectivity index (χ0) is 38.6. The number of methoxy groups -OCH3 is 1. The minimum absolute atomic E-state index is 0.000974. The number of aryl methyl sites for hydroxylation is 1. The molecule has 280 valence electrons. The Bertz CT molecular complexity index is 1840. The predicted molar refractivity (Wildman–Crippen MR) is 173 cm³/mol. The highest BCUT2D eigenvalue weighted by Crippen LogP contribution is 2.41. The van der Waals surface area contributed by atoms with Crippen LogP contribution in [0.2, 0.25) is 0 Å². The van der Waals surface area contributed by atoms with Gasteiger partial charge in [-0.2, -0.15) is 39.5 Å². The van der Waals surface area contributed by atoms with E-state index in [-0.39, 0.29) is 54.3 Å². The lowest BCUT2D eigenvalue weighted by atomic mass is 9.90. The first kappa shape index (κ1) is 39.8. The lowest BCUT2D eigenvalue weighted by molar-refractivity contribution is -0.143. The number of alkyl halides is 9. The molecule has 7 nitrogen and oxygen atoms in total. The number of benzene rings is 3. The Balaban J connectivity index is 1.89. The van der Waals surface area contributed by atoms with Crippen LogP contribution in [0.3, 0.4) is 0 Å². The van der Waals surface area contributed by atoms with E-state index in [1.54, 1.807) is 12.1 Å². The van der Waals surface area contributed by atoms with Gasteiger partial charge in [-0.25, -0.2) is 9.97 Å². The van der Waals surface area contributed by atoms with Gasteiger partial charge >= 0.3 is 24.5 Å². The summed E-state index contributed by atoms with van der Waals surface area (Å²) in [5, 5.41) is 8.83. The zero-order valence-corrected chi connectivity index (χ0v) is 28.3. The van der Waals surface area contributed by atoms with Crippen molar-refractivity contribution in [3.8, 4) is 22.6 Å². The van der Waals surface area contributed by atoms with Gasteiger partial charge in [0.1, 0.15) is 5.75 Å². The molecule has 1 N–H and O–H groups in total. The van der Waals surface area contributed by atoms with Crippen molar-refractivity contribution >= 4 is 11.9 Å². The van der Waals surface area contributed by atoms with Crippen LogP contribution in [0.4, 0.5) is 45.5 Å². The first-order chi connectivity index (χ1) is 24.2. The van der Waals surface area contributed by atoms with Crippen LogP contribution in [-0.4, -0.2) is 34.8 Å². The summed E-state index contributed by atoms with van der Waals surface area (Å²) in [7, 11) is 1.38. The van der Waals surface area contributed by atoms with E-state index >= 15 is 0 Å². The highest BCUT2D eigenvalue weighted by atomic mass is 19.4. The summed E-state index contributed by atoms with van der Waals surface area (Å²) in [5.41, 5.74) is -2.29. The Kier molecular flexibility index (Phi) is 12.0. The van der Waals surface area contributed by atoms with Crippen molar-refractivity contribution in [1.29, 1.82) is 0 Å². The van der Waals surface area contributed by atoms with Gasteiger partial charge in [0.15, 0.2) is 5.75 Å². The van der Waals surface area contributed by atoms with Crippen molar-refractivity contribution in [3.05, 3.63) is 99.9 Å². The Morgan fingerprint density at radius 1 is 0.808 bits per heavy atom. The molecule has 1 heterocycles. The van der Waals surface area contributed by atoms with E-state index in [2.05, 4.69) is 9.97 Å². The molecule has 4 aromatic rings. The van der Waals surface area contributed by atoms with Gasteiger partial charge in [0.2, 0.25) is 5.95 Å². The normalized spacial score (nSPS) is 12.3. The molecule has 3 aromatic carbocycles. The van der Waals surface area contributed by atoms with Crippen LogP contribution in [0.5, 0.6) is 11.5 Å². The molecule has 1 aromatic heterocycles. The van der Waals surface area contributed by atoms with Crippen LogP contribution in [0.25, 0.3) is 11.1 Å². The Hall–Kier alpha value is -5.02. The maximum absolute atomic E-state index is 14.1. The molecule has 0 aliphatic rings. The van der Waals surface area contributed by atoms with Gasteiger partial charge in [-0.1, -0.05) is 19.9 Å². The number of anilines is 1. The van der Waals surface area contributed by atoms with E-state index in [1.165, 1.54) is 13.2 Å². The summed E-state index contributed by atoms with van der Waals surface area (Å²) in [6.07, 6.45) is -12.9. The molecule has 0 spiro atoms. The Morgan fingerprint density at radius 2 is 1.40 bits per heavy atom. The van der Waals surface area contributed by atoms with Gasteiger partial charge in [-0.15, -0.1) is 0 Å². The molecule has 52 heavy (non-hydrogen) atoms. The molecule has 0 bridgehead atoms. The first-order valence-corrected chi connectivity index (χ1v) is 15.8. The molecule has 0 amide bonds. The van der Waals surface area contributed by atoms with Gasteiger partial charge in [0, 0.05) is 25.1 Å². The molecule has 0 saturated heterocycles.